The van der Waals surface area contributed by atoms with E-state index in [0.29, 0.717) is 13.0 Å². The highest BCUT2D eigenvalue weighted by atomic mass is 16.2. The van der Waals surface area contributed by atoms with Crippen molar-refractivity contribution >= 4 is 17.5 Å². The zero-order valence-corrected chi connectivity index (χ0v) is 11.4. The van der Waals surface area contributed by atoms with Crippen molar-refractivity contribution in [2.24, 2.45) is 5.73 Å². The van der Waals surface area contributed by atoms with Gasteiger partial charge in [0.1, 0.15) is 0 Å². The van der Waals surface area contributed by atoms with E-state index in [2.05, 4.69) is 10.6 Å². The fourth-order valence-electron chi connectivity index (χ4n) is 1.56. The maximum Gasteiger partial charge on any atom is 0.221 e. The number of benzene rings is 1. The minimum absolute atomic E-state index is 0.0414. The standard InChI is InChI=1S/C14H21N3O2/c1-3-12(15)8-14(19)16-9-11-4-6-13(7-5-11)17-10(2)18/h4-7,12H,3,8-9,15H2,1-2H3,(H,16,19)(H,17,18). The van der Waals surface area contributed by atoms with Gasteiger partial charge >= 0.3 is 0 Å². The Balaban J connectivity index is 2.41. The van der Waals surface area contributed by atoms with Gasteiger partial charge < -0.3 is 16.4 Å². The van der Waals surface area contributed by atoms with Crippen LogP contribution in [0.15, 0.2) is 24.3 Å². The summed E-state index contributed by atoms with van der Waals surface area (Å²) in [5.41, 5.74) is 7.43. The van der Waals surface area contributed by atoms with Gasteiger partial charge in [-0.05, 0) is 24.1 Å². The molecule has 0 aliphatic rings. The average molecular weight is 263 g/mol. The highest BCUT2D eigenvalue weighted by Crippen LogP contribution is 2.09. The minimum atomic E-state index is -0.102. The Kier molecular flexibility index (Phi) is 6.02. The lowest BCUT2D eigenvalue weighted by molar-refractivity contribution is -0.121. The van der Waals surface area contributed by atoms with Crippen molar-refractivity contribution in [1.29, 1.82) is 0 Å². The third-order valence-corrected chi connectivity index (χ3v) is 2.74. The average Bonchev–Trinajstić information content (AvgIpc) is 2.37. The molecule has 1 aromatic carbocycles. The van der Waals surface area contributed by atoms with Gasteiger partial charge in [0.25, 0.3) is 0 Å². The van der Waals surface area contributed by atoms with Gasteiger partial charge in [-0.15, -0.1) is 0 Å². The molecular formula is C14H21N3O2. The first-order valence-electron chi connectivity index (χ1n) is 6.40. The molecule has 4 N–H and O–H groups in total. The second-order valence-corrected chi connectivity index (χ2v) is 4.53. The first-order chi connectivity index (χ1) is 9.01. The molecule has 0 heterocycles. The Hall–Kier alpha value is -1.88. The summed E-state index contributed by atoms with van der Waals surface area (Å²) in [5, 5.41) is 5.51. The molecule has 0 bridgehead atoms. The molecule has 19 heavy (non-hydrogen) atoms. The van der Waals surface area contributed by atoms with Gasteiger partial charge in [0.15, 0.2) is 0 Å². The first-order valence-corrected chi connectivity index (χ1v) is 6.40. The van der Waals surface area contributed by atoms with E-state index in [-0.39, 0.29) is 17.9 Å². The molecule has 5 heteroatoms. The van der Waals surface area contributed by atoms with Gasteiger partial charge in [0.2, 0.25) is 11.8 Å². The lowest BCUT2D eigenvalue weighted by Gasteiger charge is -2.10. The van der Waals surface area contributed by atoms with E-state index >= 15 is 0 Å². The van der Waals surface area contributed by atoms with Crippen molar-refractivity contribution in [3.63, 3.8) is 0 Å². The Labute approximate surface area is 113 Å². The Bertz CT molecular complexity index is 429. The van der Waals surface area contributed by atoms with Crippen molar-refractivity contribution in [2.45, 2.75) is 39.3 Å². The van der Waals surface area contributed by atoms with Crippen LogP contribution in [0.3, 0.4) is 0 Å². The number of carbonyl (C=O) groups is 2. The largest absolute Gasteiger partial charge is 0.352 e. The van der Waals surface area contributed by atoms with E-state index in [9.17, 15) is 9.59 Å². The molecule has 1 rings (SSSR count). The molecule has 0 radical (unpaired) electrons. The summed E-state index contributed by atoms with van der Waals surface area (Å²) in [6.07, 6.45) is 1.14. The second-order valence-electron chi connectivity index (χ2n) is 4.53. The third kappa shape index (κ3) is 6.01. The molecule has 0 aliphatic carbocycles. The summed E-state index contributed by atoms with van der Waals surface area (Å²) >= 11 is 0. The lowest BCUT2D eigenvalue weighted by atomic mass is 10.1. The summed E-state index contributed by atoms with van der Waals surface area (Å²) in [6, 6.07) is 7.26. The van der Waals surface area contributed by atoms with Crippen LogP contribution in [-0.4, -0.2) is 17.9 Å². The van der Waals surface area contributed by atoms with Gasteiger partial charge in [-0.2, -0.15) is 0 Å². The fourth-order valence-corrected chi connectivity index (χ4v) is 1.56. The number of amides is 2. The van der Waals surface area contributed by atoms with E-state index in [4.69, 9.17) is 5.73 Å². The number of hydrogen-bond acceptors (Lipinski definition) is 3. The summed E-state index contributed by atoms with van der Waals surface area (Å²) in [4.78, 5) is 22.4. The predicted molar refractivity (Wildman–Crippen MR) is 75.5 cm³/mol. The van der Waals surface area contributed by atoms with Crippen LogP contribution >= 0.6 is 0 Å². The van der Waals surface area contributed by atoms with E-state index in [1.165, 1.54) is 6.92 Å². The van der Waals surface area contributed by atoms with E-state index < -0.39 is 0 Å². The zero-order valence-electron chi connectivity index (χ0n) is 11.4. The number of carbonyl (C=O) groups excluding carboxylic acids is 2. The van der Waals surface area contributed by atoms with Gasteiger partial charge in [-0.25, -0.2) is 0 Å². The van der Waals surface area contributed by atoms with Crippen LogP contribution in [0, 0.1) is 0 Å². The maximum absolute atomic E-state index is 11.5. The minimum Gasteiger partial charge on any atom is -0.352 e. The summed E-state index contributed by atoms with van der Waals surface area (Å²) < 4.78 is 0. The van der Waals surface area contributed by atoms with Gasteiger partial charge in [-0.1, -0.05) is 19.1 Å². The van der Waals surface area contributed by atoms with Crippen LogP contribution in [-0.2, 0) is 16.1 Å². The number of hydrogen-bond donors (Lipinski definition) is 3. The van der Waals surface area contributed by atoms with Crippen LogP contribution in [0.4, 0.5) is 5.69 Å². The van der Waals surface area contributed by atoms with Crippen LogP contribution in [0.5, 0.6) is 0 Å². The summed E-state index contributed by atoms with van der Waals surface area (Å²) in [7, 11) is 0. The molecule has 0 spiro atoms. The SMILES string of the molecule is CCC(N)CC(=O)NCc1ccc(NC(C)=O)cc1. The van der Waals surface area contributed by atoms with Gasteiger partial charge in [0.05, 0.1) is 0 Å². The molecule has 1 aromatic rings. The van der Waals surface area contributed by atoms with Gasteiger partial charge in [0, 0.05) is 31.6 Å². The molecular weight excluding hydrogens is 242 g/mol. The van der Waals surface area contributed by atoms with Crippen molar-refractivity contribution in [1.82, 2.24) is 5.32 Å². The molecule has 0 aromatic heterocycles. The molecule has 104 valence electrons. The monoisotopic (exact) mass is 263 g/mol. The number of nitrogens with two attached hydrogens (primary N) is 1. The second kappa shape index (κ2) is 7.53. The van der Waals surface area contributed by atoms with Crippen molar-refractivity contribution < 1.29 is 9.59 Å². The normalized spacial score (nSPS) is 11.7. The van der Waals surface area contributed by atoms with Crippen molar-refractivity contribution in [3.05, 3.63) is 29.8 Å². The Morgan fingerprint density at radius 1 is 1.26 bits per heavy atom. The van der Waals surface area contributed by atoms with E-state index in [0.717, 1.165) is 17.7 Å². The van der Waals surface area contributed by atoms with Crippen LogP contribution in [0.2, 0.25) is 0 Å². The van der Waals surface area contributed by atoms with Crippen LogP contribution < -0.4 is 16.4 Å². The predicted octanol–water partition coefficient (Wildman–Crippen LogP) is 1.39. The molecule has 0 saturated heterocycles. The Morgan fingerprint density at radius 3 is 2.42 bits per heavy atom. The molecule has 2 amide bonds. The smallest absolute Gasteiger partial charge is 0.221 e. The van der Waals surface area contributed by atoms with Crippen molar-refractivity contribution in [3.8, 4) is 0 Å². The third-order valence-electron chi connectivity index (χ3n) is 2.74. The lowest BCUT2D eigenvalue weighted by Crippen LogP contribution is -2.30. The highest BCUT2D eigenvalue weighted by molar-refractivity contribution is 5.88. The Morgan fingerprint density at radius 2 is 1.89 bits per heavy atom. The topological polar surface area (TPSA) is 84.2 Å². The fraction of sp³-hybridized carbons (Fsp3) is 0.429. The zero-order chi connectivity index (χ0) is 14.3. The summed E-state index contributed by atoms with van der Waals surface area (Å²) in [5.74, 6) is -0.144. The number of anilines is 1. The molecule has 1 atom stereocenters. The summed E-state index contributed by atoms with van der Waals surface area (Å²) in [6.45, 7) is 3.89. The molecule has 0 aliphatic heterocycles. The molecule has 0 fully saturated rings. The number of rotatable bonds is 6. The van der Waals surface area contributed by atoms with Gasteiger partial charge in [-0.3, -0.25) is 9.59 Å². The highest BCUT2D eigenvalue weighted by Gasteiger charge is 2.07. The molecule has 1 unspecified atom stereocenters. The van der Waals surface area contributed by atoms with E-state index in [1.54, 1.807) is 12.1 Å². The number of nitrogens with one attached hydrogen (secondary N) is 2. The molecule has 0 saturated carbocycles. The van der Waals surface area contributed by atoms with Crippen molar-refractivity contribution in [2.75, 3.05) is 5.32 Å². The quantitative estimate of drug-likeness (QED) is 0.725. The maximum atomic E-state index is 11.5. The van der Waals surface area contributed by atoms with E-state index in [1.807, 2.05) is 19.1 Å². The van der Waals surface area contributed by atoms with Crippen LogP contribution in [0.1, 0.15) is 32.3 Å². The van der Waals surface area contributed by atoms with Crippen LogP contribution in [0.25, 0.3) is 0 Å². The first kappa shape index (κ1) is 15.2. The molecule has 5 nitrogen and oxygen atoms in total.